The molecule has 0 bridgehead atoms. The summed E-state index contributed by atoms with van der Waals surface area (Å²) in [5.74, 6) is 0.829. The van der Waals surface area contributed by atoms with Crippen LogP contribution in [0.15, 0.2) is 89.4 Å². The van der Waals surface area contributed by atoms with Gasteiger partial charge in [-0.15, -0.1) is 0 Å². The number of nitriles is 1. The quantitative estimate of drug-likeness (QED) is 0.266. The highest BCUT2D eigenvalue weighted by atomic mass is 79.9. The lowest BCUT2D eigenvalue weighted by Gasteiger charge is -2.12. The highest BCUT2D eigenvalue weighted by Gasteiger charge is 2.11. The SMILES string of the molecule is Cc1cc(/C=C(\C#N)c2ccccc2)c(C)n1-c1ccc(OCc2ccc(Br)cc2)cc1. The third-order valence-electron chi connectivity index (χ3n) is 5.39. The monoisotopic (exact) mass is 482 g/mol. The minimum atomic E-state index is 0.527. The van der Waals surface area contributed by atoms with Crippen molar-refractivity contribution in [3.05, 3.63) is 117 Å². The van der Waals surface area contributed by atoms with Crippen molar-refractivity contribution in [2.24, 2.45) is 0 Å². The molecule has 4 aromatic rings. The van der Waals surface area contributed by atoms with E-state index in [0.717, 1.165) is 44.0 Å². The fourth-order valence-electron chi connectivity index (χ4n) is 3.72. The van der Waals surface area contributed by atoms with Crippen LogP contribution in [-0.2, 0) is 6.61 Å². The molecule has 0 N–H and O–H groups in total. The van der Waals surface area contributed by atoms with Gasteiger partial charge in [0.25, 0.3) is 0 Å². The normalized spacial score (nSPS) is 11.2. The van der Waals surface area contributed by atoms with Gasteiger partial charge in [0.2, 0.25) is 0 Å². The van der Waals surface area contributed by atoms with E-state index in [4.69, 9.17) is 4.74 Å². The number of aromatic nitrogens is 1. The molecule has 32 heavy (non-hydrogen) atoms. The molecule has 4 heteroatoms. The molecule has 0 spiro atoms. The van der Waals surface area contributed by atoms with Gasteiger partial charge in [0, 0.05) is 21.5 Å². The maximum atomic E-state index is 9.66. The zero-order valence-corrected chi connectivity index (χ0v) is 19.6. The minimum Gasteiger partial charge on any atom is -0.489 e. The predicted octanol–water partition coefficient (Wildman–Crippen LogP) is 7.50. The molecule has 0 radical (unpaired) electrons. The summed E-state index contributed by atoms with van der Waals surface area (Å²) in [6.07, 6.45) is 1.96. The van der Waals surface area contributed by atoms with Crippen LogP contribution in [0.5, 0.6) is 5.75 Å². The topological polar surface area (TPSA) is 38.0 Å². The van der Waals surface area contributed by atoms with Gasteiger partial charge in [-0.1, -0.05) is 58.4 Å². The molecule has 4 rings (SSSR count). The Hall–Kier alpha value is -3.55. The van der Waals surface area contributed by atoms with Crippen LogP contribution in [0.4, 0.5) is 0 Å². The first kappa shape index (κ1) is 21.7. The summed E-state index contributed by atoms with van der Waals surface area (Å²) in [6, 6.07) is 30.5. The molecular formula is C28H23BrN2O. The van der Waals surface area contributed by atoms with E-state index in [9.17, 15) is 5.26 Å². The predicted molar refractivity (Wildman–Crippen MR) is 134 cm³/mol. The van der Waals surface area contributed by atoms with Gasteiger partial charge in [-0.05, 0) is 79.1 Å². The van der Waals surface area contributed by atoms with Crippen LogP contribution in [0.3, 0.4) is 0 Å². The maximum absolute atomic E-state index is 9.66. The Bertz CT molecular complexity index is 1280. The van der Waals surface area contributed by atoms with Crippen LogP contribution < -0.4 is 4.74 Å². The number of allylic oxidation sites excluding steroid dienone is 1. The lowest BCUT2D eigenvalue weighted by Crippen LogP contribution is -2.00. The lowest BCUT2D eigenvalue weighted by atomic mass is 10.0. The van der Waals surface area contributed by atoms with Gasteiger partial charge in [-0.25, -0.2) is 0 Å². The van der Waals surface area contributed by atoms with Gasteiger partial charge in [-0.2, -0.15) is 5.26 Å². The number of hydrogen-bond donors (Lipinski definition) is 0. The van der Waals surface area contributed by atoms with E-state index in [1.807, 2.05) is 72.8 Å². The summed E-state index contributed by atoms with van der Waals surface area (Å²) in [4.78, 5) is 0. The molecular weight excluding hydrogens is 460 g/mol. The first-order chi connectivity index (χ1) is 15.5. The summed E-state index contributed by atoms with van der Waals surface area (Å²) < 4.78 is 9.19. The molecule has 0 aliphatic carbocycles. The van der Waals surface area contributed by atoms with Gasteiger partial charge in [-0.3, -0.25) is 0 Å². The fraction of sp³-hybridized carbons (Fsp3) is 0.107. The second-order valence-corrected chi connectivity index (χ2v) is 8.52. The second-order valence-electron chi connectivity index (χ2n) is 7.61. The Balaban J connectivity index is 1.55. The van der Waals surface area contributed by atoms with Crippen LogP contribution >= 0.6 is 15.9 Å². The molecule has 0 atom stereocenters. The van der Waals surface area contributed by atoms with Gasteiger partial charge < -0.3 is 9.30 Å². The molecule has 0 aliphatic rings. The number of halogens is 1. The fourth-order valence-corrected chi connectivity index (χ4v) is 3.99. The first-order valence-electron chi connectivity index (χ1n) is 10.4. The Kier molecular flexibility index (Phi) is 6.58. The van der Waals surface area contributed by atoms with Crippen molar-refractivity contribution < 1.29 is 4.74 Å². The zero-order valence-electron chi connectivity index (χ0n) is 18.0. The van der Waals surface area contributed by atoms with Crippen molar-refractivity contribution >= 4 is 27.6 Å². The maximum Gasteiger partial charge on any atom is 0.119 e. The van der Waals surface area contributed by atoms with Crippen molar-refractivity contribution in [1.82, 2.24) is 4.57 Å². The van der Waals surface area contributed by atoms with Crippen LogP contribution in [0.1, 0.15) is 28.1 Å². The van der Waals surface area contributed by atoms with Crippen molar-refractivity contribution in [2.45, 2.75) is 20.5 Å². The van der Waals surface area contributed by atoms with Crippen molar-refractivity contribution in [3.8, 4) is 17.5 Å². The molecule has 1 heterocycles. The lowest BCUT2D eigenvalue weighted by molar-refractivity contribution is 0.306. The molecule has 3 nitrogen and oxygen atoms in total. The highest BCUT2D eigenvalue weighted by molar-refractivity contribution is 9.10. The van der Waals surface area contributed by atoms with Crippen LogP contribution in [0.25, 0.3) is 17.3 Å². The average Bonchev–Trinajstić information content (AvgIpc) is 3.10. The summed E-state index contributed by atoms with van der Waals surface area (Å²) >= 11 is 3.45. The van der Waals surface area contributed by atoms with Gasteiger partial charge in [0.15, 0.2) is 0 Å². The molecule has 0 unspecified atom stereocenters. The summed E-state index contributed by atoms with van der Waals surface area (Å²) in [7, 11) is 0. The Labute approximate surface area is 197 Å². The van der Waals surface area contributed by atoms with Crippen LogP contribution in [0, 0.1) is 25.2 Å². The molecule has 1 aromatic heterocycles. The third kappa shape index (κ3) is 4.85. The number of rotatable bonds is 6. The van der Waals surface area contributed by atoms with E-state index in [1.54, 1.807) is 0 Å². The van der Waals surface area contributed by atoms with Crippen molar-refractivity contribution in [3.63, 3.8) is 0 Å². The molecule has 0 amide bonds. The van der Waals surface area contributed by atoms with Crippen molar-refractivity contribution in [1.29, 1.82) is 5.26 Å². The van der Waals surface area contributed by atoms with Crippen LogP contribution in [0.2, 0.25) is 0 Å². The van der Waals surface area contributed by atoms with Crippen LogP contribution in [-0.4, -0.2) is 4.57 Å². The Morgan fingerprint density at radius 3 is 2.31 bits per heavy atom. The standard InChI is InChI=1S/C28H23BrN2O/c1-20-16-24(17-25(18-30)23-6-4-3-5-7-23)21(2)31(20)27-12-14-28(15-13-27)32-19-22-8-10-26(29)11-9-22/h3-17H,19H2,1-2H3/b25-17+. The van der Waals surface area contributed by atoms with Gasteiger partial charge >= 0.3 is 0 Å². The molecule has 3 aromatic carbocycles. The molecule has 0 saturated carbocycles. The van der Waals surface area contributed by atoms with E-state index in [2.05, 4.69) is 58.6 Å². The largest absolute Gasteiger partial charge is 0.489 e. The number of hydrogen-bond acceptors (Lipinski definition) is 2. The third-order valence-corrected chi connectivity index (χ3v) is 5.92. The summed E-state index contributed by atoms with van der Waals surface area (Å²) in [5, 5.41) is 9.66. The smallest absolute Gasteiger partial charge is 0.119 e. The molecule has 0 saturated heterocycles. The average molecular weight is 483 g/mol. The summed E-state index contributed by atoms with van der Waals surface area (Å²) in [5.41, 5.74) is 7.01. The number of nitrogens with zero attached hydrogens (tertiary/aromatic N) is 2. The molecule has 0 aliphatic heterocycles. The van der Waals surface area contributed by atoms with E-state index >= 15 is 0 Å². The van der Waals surface area contributed by atoms with Gasteiger partial charge in [0.1, 0.15) is 12.4 Å². The second kappa shape index (κ2) is 9.72. The summed E-state index contributed by atoms with van der Waals surface area (Å²) in [6.45, 7) is 4.69. The number of ether oxygens (including phenoxy) is 1. The number of aryl methyl sites for hydroxylation is 1. The van der Waals surface area contributed by atoms with E-state index < -0.39 is 0 Å². The number of benzene rings is 3. The highest BCUT2D eigenvalue weighted by Crippen LogP contribution is 2.26. The molecule has 158 valence electrons. The van der Waals surface area contributed by atoms with Gasteiger partial charge in [0.05, 0.1) is 11.6 Å². The van der Waals surface area contributed by atoms with E-state index in [1.165, 1.54) is 0 Å². The minimum absolute atomic E-state index is 0.527. The Morgan fingerprint density at radius 1 is 0.969 bits per heavy atom. The van der Waals surface area contributed by atoms with Crippen molar-refractivity contribution in [2.75, 3.05) is 0 Å². The molecule has 0 fully saturated rings. The van der Waals surface area contributed by atoms with E-state index in [0.29, 0.717) is 12.2 Å². The Morgan fingerprint density at radius 2 is 1.66 bits per heavy atom. The first-order valence-corrected chi connectivity index (χ1v) is 11.2. The zero-order chi connectivity index (χ0) is 22.5. The van der Waals surface area contributed by atoms with E-state index in [-0.39, 0.29) is 0 Å².